The summed E-state index contributed by atoms with van der Waals surface area (Å²) < 4.78 is 28.0. The zero-order chi connectivity index (χ0) is 11.3. The Hall–Kier alpha value is -1.29. The van der Waals surface area contributed by atoms with E-state index in [0.29, 0.717) is 5.76 Å². The van der Waals surface area contributed by atoms with Crippen molar-refractivity contribution in [3.63, 3.8) is 0 Å². The van der Waals surface area contributed by atoms with E-state index in [1.165, 1.54) is 7.11 Å². The highest BCUT2D eigenvalue weighted by atomic mass is 32.2. The molecule has 0 N–H and O–H groups in total. The van der Waals surface area contributed by atoms with Crippen LogP contribution in [-0.4, -0.2) is 15.5 Å². The van der Waals surface area contributed by atoms with Gasteiger partial charge in [0.05, 0.1) is 18.3 Å². The van der Waals surface area contributed by atoms with Crippen molar-refractivity contribution in [1.82, 2.24) is 0 Å². The van der Waals surface area contributed by atoms with Crippen LogP contribution in [0.15, 0.2) is 41.5 Å². The molecule has 1 aromatic carbocycles. The molecular weight excluding hydrogens is 212 g/mol. The zero-order valence-electron chi connectivity index (χ0n) is 8.80. The largest absolute Gasteiger partial charge is 0.501 e. The number of rotatable bonds is 4. The molecule has 0 saturated carbocycles. The second-order valence-corrected chi connectivity index (χ2v) is 5.08. The highest BCUT2D eigenvalue weighted by Crippen LogP contribution is 2.09. The predicted octanol–water partition coefficient (Wildman–Crippen LogP) is 2.11. The lowest BCUT2D eigenvalue weighted by Crippen LogP contribution is -2.01. The molecule has 82 valence electrons. The van der Waals surface area contributed by atoms with Gasteiger partial charge in [-0.3, -0.25) is 0 Å². The minimum absolute atomic E-state index is 0.00847. The van der Waals surface area contributed by atoms with E-state index in [-0.39, 0.29) is 5.75 Å². The summed E-state index contributed by atoms with van der Waals surface area (Å²) in [5.74, 6) is 0.403. The van der Waals surface area contributed by atoms with Crippen molar-refractivity contribution in [3.05, 3.63) is 47.1 Å². The van der Waals surface area contributed by atoms with Gasteiger partial charge in [-0.05, 0) is 12.5 Å². The molecule has 0 bridgehead atoms. The molecule has 0 aliphatic carbocycles. The molecule has 0 amide bonds. The van der Waals surface area contributed by atoms with Crippen molar-refractivity contribution < 1.29 is 13.2 Å². The minimum atomic E-state index is -3.23. The fourth-order valence-electron chi connectivity index (χ4n) is 1.15. The van der Waals surface area contributed by atoms with E-state index in [2.05, 4.69) is 0 Å². The van der Waals surface area contributed by atoms with E-state index in [0.717, 1.165) is 11.0 Å². The highest BCUT2D eigenvalue weighted by molar-refractivity contribution is 7.93. The molecule has 1 aromatic rings. The minimum Gasteiger partial charge on any atom is -0.501 e. The van der Waals surface area contributed by atoms with Crippen molar-refractivity contribution in [2.45, 2.75) is 12.7 Å². The van der Waals surface area contributed by atoms with Crippen LogP contribution in [0.3, 0.4) is 0 Å². The lowest BCUT2D eigenvalue weighted by Gasteiger charge is -2.01. The Morgan fingerprint density at radius 3 is 2.47 bits per heavy atom. The maximum absolute atomic E-state index is 11.6. The first kappa shape index (κ1) is 11.8. The van der Waals surface area contributed by atoms with Crippen LogP contribution < -0.4 is 0 Å². The molecule has 0 aliphatic heterocycles. The summed E-state index contributed by atoms with van der Waals surface area (Å²) in [4.78, 5) is 0. The molecule has 0 aliphatic rings. The number of hydrogen-bond donors (Lipinski definition) is 0. The summed E-state index contributed by atoms with van der Waals surface area (Å²) >= 11 is 0. The molecule has 0 unspecified atom stereocenters. The Balaban J connectivity index is 2.83. The van der Waals surface area contributed by atoms with E-state index in [1.807, 2.05) is 18.2 Å². The Kier molecular flexibility index (Phi) is 3.91. The Bertz CT molecular complexity index is 432. The summed E-state index contributed by atoms with van der Waals surface area (Å²) in [7, 11) is -1.78. The highest BCUT2D eigenvalue weighted by Gasteiger charge is 2.08. The fourth-order valence-corrected chi connectivity index (χ4v) is 2.49. The first-order valence-corrected chi connectivity index (χ1v) is 6.24. The van der Waals surface area contributed by atoms with Gasteiger partial charge in [-0.2, -0.15) is 0 Å². The molecule has 1 rings (SSSR count). The number of ether oxygens (including phenoxy) is 1. The topological polar surface area (TPSA) is 43.4 Å². The van der Waals surface area contributed by atoms with E-state index >= 15 is 0 Å². The molecule has 4 heteroatoms. The standard InChI is InChI=1S/C11H14O3S/c1-10(14-2)8-15(12,13)9-11-6-4-3-5-7-11/h3-8H,9H2,1-2H3/b10-8+. The normalized spacial score (nSPS) is 12.5. The second kappa shape index (κ2) is 4.98. The van der Waals surface area contributed by atoms with E-state index in [1.54, 1.807) is 19.1 Å². The van der Waals surface area contributed by atoms with Crippen LogP contribution in [0.4, 0.5) is 0 Å². The maximum atomic E-state index is 11.6. The fraction of sp³-hybridized carbons (Fsp3) is 0.273. The first-order valence-electron chi connectivity index (χ1n) is 4.52. The smallest absolute Gasteiger partial charge is 0.179 e. The van der Waals surface area contributed by atoms with Gasteiger partial charge in [0, 0.05) is 0 Å². The second-order valence-electron chi connectivity index (χ2n) is 3.23. The maximum Gasteiger partial charge on any atom is 0.179 e. The number of hydrogen-bond acceptors (Lipinski definition) is 3. The van der Waals surface area contributed by atoms with Gasteiger partial charge in [-0.1, -0.05) is 30.3 Å². The Morgan fingerprint density at radius 2 is 1.93 bits per heavy atom. The van der Waals surface area contributed by atoms with E-state index in [9.17, 15) is 8.42 Å². The predicted molar refractivity (Wildman–Crippen MR) is 59.8 cm³/mol. The molecule has 0 spiro atoms. The van der Waals surface area contributed by atoms with Crippen LogP contribution in [0.2, 0.25) is 0 Å². The van der Waals surface area contributed by atoms with Crippen molar-refractivity contribution in [3.8, 4) is 0 Å². The average Bonchev–Trinajstić information content (AvgIpc) is 2.17. The van der Waals surface area contributed by atoms with Gasteiger partial charge in [0.1, 0.15) is 5.76 Å². The molecule has 0 heterocycles. The molecule has 0 atom stereocenters. The lowest BCUT2D eigenvalue weighted by molar-refractivity contribution is 0.294. The third kappa shape index (κ3) is 4.16. The monoisotopic (exact) mass is 226 g/mol. The summed E-state index contributed by atoms with van der Waals surface area (Å²) in [6, 6.07) is 9.06. The van der Waals surface area contributed by atoms with Crippen molar-refractivity contribution in [1.29, 1.82) is 0 Å². The number of allylic oxidation sites excluding steroid dienone is 1. The number of methoxy groups -OCH3 is 1. The van der Waals surface area contributed by atoms with E-state index < -0.39 is 9.84 Å². The summed E-state index contributed by atoms with van der Waals surface area (Å²) in [5.41, 5.74) is 0.776. The zero-order valence-corrected chi connectivity index (χ0v) is 9.62. The van der Waals surface area contributed by atoms with Gasteiger partial charge >= 0.3 is 0 Å². The van der Waals surface area contributed by atoms with Crippen molar-refractivity contribution in [2.24, 2.45) is 0 Å². The van der Waals surface area contributed by atoms with Crippen molar-refractivity contribution >= 4 is 9.84 Å². The molecular formula is C11H14O3S. The van der Waals surface area contributed by atoms with Crippen LogP contribution >= 0.6 is 0 Å². The number of benzene rings is 1. The quantitative estimate of drug-likeness (QED) is 0.738. The van der Waals surface area contributed by atoms with Gasteiger partial charge in [0.2, 0.25) is 0 Å². The molecule has 0 fully saturated rings. The summed E-state index contributed by atoms with van der Waals surface area (Å²) in [6.07, 6.45) is 0. The van der Waals surface area contributed by atoms with E-state index in [4.69, 9.17) is 4.74 Å². The van der Waals surface area contributed by atoms with Gasteiger partial charge in [0.25, 0.3) is 0 Å². The first-order chi connectivity index (χ1) is 7.03. The molecule has 3 nitrogen and oxygen atoms in total. The third-order valence-electron chi connectivity index (χ3n) is 1.88. The SMILES string of the molecule is CO/C(C)=C/S(=O)(=O)Cc1ccccc1. The van der Waals surface area contributed by atoms with Gasteiger partial charge in [-0.15, -0.1) is 0 Å². The molecule has 0 aromatic heterocycles. The van der Waals surface area contributed by atoms with Crippen LogP contribution in [0, 0.1) is 0 Å². The van der Waals surface area contributed by atoms with Gasteiger partial charge < -0.3 is 4.74 Å². The van der Waals surface area contributed by atoms with Crippen LogP contribution in [0.1, 0.15) is 12.5 Å². The van der Waals surface area contributed by atoms with Gasteiger partial charge in [0.15, 0.2) is 9.84 Å². The Labute approximate surface area is 90.3 Å². The average molecular weight is 226 g/mol. The Morgan fingerprint density at radius 1 is 1.33 bits per heavy atom. The third-order valence-corrected chi connectivity index (χ3v) is 3.30. The molecule has 0 radical (unpaired) electrons. The van der Waals surface area contributed by atoms with Crippen LogP contribution in [0.5, 0.6) is 0 Å². The van der Waals surface area contributed by atoms with Gasteiger partial charge in [-0.25, -0.2) is 8.42 Å². The summed E-state index contributed by atoms with van der Waals surface area (Å²) in [5, 5.41) is 1.15. The lowest BCUT2D eigenvalue weighted by atomic mass is 10.2. The number of sulfone groups is 1. The van der Waals surface area contributed by atoms with Crippen LogP contribution in [-0.2, 0) is 20.3 Å². The molecule has 0 saturated heterocycles. The molecule has 15 heavy (non-hydrogen) atoms. The summed E-state index contributed by atoms with van der Waals surface area (Å²) in [6.45, 7) is 1.61. The van der Waals surface area contributed by atoms with Crippen molar-refractivity contribution in [2.75, 3.05) is 7.11 Å². The van der Waals surface area contributed by atoms with Crippen LogP contribution in [0.25, 0.3) is 0 Å².